The molecule has 1 aromatic heterocycles. The minimum Gasteiger partial charge on any atom is -0.465 e. The zero-order chi connectivity index (χ0) is 15.8. The normalized spacial score (nSPS) is 10.9. The first-order valence-electron chi connectivity index (χ1n) is 6.11. The summed E-state index contributed by atoms with van der Waals surface area (Å²) >= 11 is 0. The van der Waals surface area contributed by atoms with Gasteiger partial charge in [0.2, 0.25) is 0 Å². The predicted octanol–water partition coefficient (Wildman–Crippen LogP) is 1.04. The third kappa shape index (κ3) is 4.47. The van der Waals surface area contributed by atoms with Gasteiger partial charge in [-0.05, 0) is 13.0 Å². The summed E-state index contributed by atoms with van der Waals surface area (Å²) in [5, 5.41) is 11.5. The van der Waals surface area contributed by atoms with Crippen LogP contribution in [0.2, 0.25) is 0 Å². The fourth-order valence-electron chi connectivity index (χ4n) is 1.54. The minimum atomic E-state index is -0.543. The van der Waals surface area contributed by atoms with Crippen molar-refractivity contribution in [3.05, 3.63) is 28.7 Å². The molecule has 1 rings (SSSR count). The molecule has 0 bridgehead atoms. The number of nitrogens with zero attached hydrogens (tertiary/aromatic N) is 1. The van der Waals surface area contributed by atoms with E-state index in [0.717, 1.165) is 0 Å². The van der Waals surface area contributed by atoms with Crippen molar-refractivity contribution in [1.82, 2.24) is 5.32 Å². The van der Waals surface area contributed by atoms with Crippen molar-refractivity contribution in [2.45, 2.75) is 6.92 Å². The maximum atomic E-state index is 11.7. The number of carbonyl (C=O) groups excluding carboxylic acids is 2. The second-order valence-corrected chi connectivity index (χ2v) is 4.03. The quantitative estimate of drug-likeness (QED) is 0.364. The highest BCUT2D eigenvalue weighted by atomic mass is 16.5. The van der Waals surface area contributed by atoms with Crippen LogP contribution in [0.4, 0.5) is 0 Å². The Balaban J connectivity index is 2.91. The molecule has 1 heterocycles. The number of methoxy groups -OCH3 is 2. The summed E-state index contributed by atoms with van der Waals surface area (Å²) in [5.74, 6) is -0.501. The average Bonchev–Trinajstić information content (AvgIpc) is 2.84. The first-order chi connectivity index (χ1) is 10.0. The Morgan fingerprint density at radius 3 is 2.76 bits per heavy atom. The first-order valence-corrected chi connectivity index (χ1v) is 6.11. The van der Waals surface area contributed by atoms with E-state index in [1.165, 1.54) is 26.4 Å². The van der Waals surface area contributed by atoms with Gasteiger partial charge in [-0.15, -0.1) is 0 Å². The number of hydrogen-bond acceptors (Lipinski definition) is 6. The summed E-state index contributed by atoms with van der Waals surface area (Å²) in [5.41, 5.74) is 0.122. The lowest BCUT2D eigenvalue weighted by atomic mass is 10.2. The van der Waals surface area contributed by atoms with Crippen molar-refractivity contribution in [2.24, 2.45) is 0 Å². The highest BCUT2D eigenvalue weighted by Crippen LogP contribution is 2.18. The molecule has 0 spiro atoms. The third-order valence-electron chi connectivity index (χ3n) is 2.59. The van der Waals surface area contributed by atoms with Crippen LogP contribution in [0, 0.1) is 18.3 Å². The Hall–Kier alpha value is -2.59. The van der Waals surface area contributed by atoms with Gasteiger partial charge in [-0.2, -0.15) is 5.26 Å². The van der Waals surface area contributed by atoms with Gasteiger partial charge in [0.05, 0.1) is 13.7 Å². The third-order valence-corrected chi connectivity index (χ3v) is 2.59. The molecule has 112 valence electrons. The van der Waals surface area contributed by atoms with E-state index in [0.29, 0.717) is 18.9 Å². The molecular weight excluding hydrogens is 276 g/mol. The number of nitrogens with one attached hydrogen (secondary N) is 1. The van der Waals surface area contributed by atoms with Crippen molar-refractivity contribution >= 4 is 18.0 Å². The Morgan fingerprint density at radius 2 is 2.19 bits per heavy atom. The van der Waals surface area contributed by atoms with Crippen LogP contribution in [-0.2, 0) is 14.3 Å². The topological polar surface area (TPSA) is 102 Å². The van der Waals surface area contributed by atoms with Crippen LogP contribution >= 0.6 is 0 Å². The Bertz CT molecular complexity index is 595. The number of aryl methyl sites for hydroxylation is 1. The minimum absolute atomic E-state index is 0.128. The van der Waals surface area contributed by atoms with Crippen molar-refractivity contribution in [1.29, 1.82) is 5.26 Å². The zero-order valence-electron chi connectivity index (χ0n) is 12.1. The van der Waals surface area contributed by atoms with E-state index in [9.17, 15) is 9.59 Å². The van der Waals surface area contributed by atoms with E-state index in [1.807, 2.05) is 0 Å². The number of rotatable bonds is 6. The van der Waals surface area contributed by atoms with Gasteiger partial charge in [0.15, 0.2) is 0 Å². The maximum Gasteiger partial charge on any atom is 0.341 e. The molecule has 1 aromatic rings. The molecule has 0 fully saturated rings. The van der Waals surface area contributed by atoms with E-state index < -0.39 is 11.9 Å². The molecule has 0 saturated carbocycles. The van der Waals surface area contributed by atoms with E-state index in [1.54, 1.807) is 13.0 Å². The lowest BCUT2D eigenvalue weighted by Crippen LogP contribution is -2.27. The summed E-state index contributed by atoms with van der Waals surface area (Å²) in [6.45, 7) is 2.23. The second-order valence-electron chi connectivity index (χ2n) is 4.03. The molecular formula is C14H16N2O5. The number of hydrogen-bond donors (Lipinski definition) is 1. The van der Waals surface area contributed by atoms with Crippen LogP contribution < -0.4 is 5.32 Å². The molecule has 7 nitrogen and oxygen atoms in total. The molecule has 0 aliphatic heterocycles. The first kappa shape index (κ1) is 16.5. The highest BCUT2D eigenvalue weighted by Gasteiger charge is 2.16. The number of amides is 1. The van der Waals surface area contributed by atoms with Crippen LogP contribution in [-0.4, -0.2) is 39.2 Å². The largest absolute Gasteiger partial charge is 0.465 e. The standard InChI is InChI=1S/C14H16N2O5/c1-9-12(14(18)20-3)7-11(21-9)6-10(8-15)13(17)16-4-5-19-2/h6-7H,4-5H2,1-3H3,(H,16,17)/b10-6+. The maximum absolute atomic E-state index is 11.7. The lowest BCUT2D eigenvalue weighted by Gasteiger charge is -2.02. The summed E-state index contributed by atoms with van der Waals surface area (Å²) in [4.78, 5) is 23.2. The molecule has 0 atom stereocenters. The van der Waals surface area contributed by atoms with Gasteiger partial charge in [-0.3, -0.25) is 4.79 Å². The highest BCUT2D eigenvalue weighted by molar-refractivity contribution is 6.01. The molecule has 0 aromatic carbocycles. The summed E-state index contributed by atoms with van der Waals surface area (Å²) in [6.07, 6.45) is 1.27. The Labute approximate surface area is 122 Å². The molecule has 21 heavy (non-hydrogen) atoms. The molecule has 7 heteroatoms. The van der Waals surface area contributed by atoms with Crippen molar-refractivity contribution < 1.29 is 23.5 Å². The van der Waals surface area contributed by atoms with Gasteiger partial charge < -0.3 is 19.2 Å². The number of esters is 1. The molecule has 1 amide bonds. The monoisotopic (exact) mass is 292 g/mol. The smallest absolute Gasteiger partial charge is 0.341 e. The molecule has 0 radical (unpaired) electrons. The molecule has 0 saturated heterocycles. The zero-order valence-corrected chi connectivity index (χ0v) is 12.1. The van der Waals surface area contributed by atoms with Gasteiger partial charge >= 0.3 is 5.97 Å². The summed E-state index contributed by atoms with van der Waals surface area (Å²) in [6, 6.07) is 3.20. The van der Waals surface area contributed by atoms with Crippen molar-refractivity contribution in [2.75, 3.05) is 27.4 Å². The average molecular weight is 292 g/mol. The van der Waals surface area contributed by atoms with Crippen LogP contribution in [0.5, 0.6) is 0 Å². The fraction of sp³-hybridized carbons (Fsp3) is 0.357. The van der Waals surface area contributed by atoms with E-state index in [2.05, 4.69) is 10.1 Å². The summed E-state index contributed by atoms with van der Waals surface area (Å²) in [7, 11) is 2.77. The number of furan rings is 1. The van der Waals surface area contributed by atoms with Crippen molar-refractivity contribution in [3.8, 4) is 6.07 Å². The second kappa shape index (κ2) is 7.87. The van der Waals surface area contributed by atoms with Crippen LogP contribution in [0.3, 0.4) is 0 Å². The van der Waals surface area contributed by atoms with E-state index >= 15 is 0 Å². The Morgan fingerprint density at radius 1 is 1.48 bits per heavy atom. The van der Waals surface area contributed by atoms with E-state index in [4.69, 9.17) is 14.4 Å². The van der Waals surface area contributed by atoms with Crippen molar-refractivity contribution in [3.63, 3.8) is 0 Å². The SMILES string of the molecule is COCCNC(=O)/C(C#N)=C/c1cc(C(=O)OC)c(C)o1. The number of ether oxygens (including phenoxy) is 2. The molecule has 1 N–H and O–H groups in total. The number of nitriles is 1. The predicted molar refractivity (Wildman–Crippen MR) is 73.3 cm³/mol. The van der Waals surface area contributed by atoms with Gasteiger partial charge in [0, 0.05) is 19.7 Å². The van der Waals surface area contributed by atoms with Crippen LogP contribution in [0.25, 0.3) is 6.08 Å². The van der Waals surface area contributed by atoms with Crippen LogP contribution in [0.15, 0.2) is 16.1 Å². The summed E-state index contributed by atoms with van der Waals surface area (Å²) < 4.78 is 14.7. The van der Waals surface area contributed by atoms with Gasteiger partial charge in [0.25, 0.3) is 5.91 Å². The fourth-order valence-corrected chi connectivity index (χ4v) is 1.54. The van der Waals surface area contributed by atoms with Gasteiger partial charge in [-0.25, -0.2) is 4.79 Å². The van der Waals surface area contributed by atoms with Gasteiger partial charge in [0.1, 0.15) is 28.7 Å². The number of carbonyl (C=O) groups is 2. The lowest BCUT2D eigenvalue weighted by molar-refractivity contribution is -0.117. The molecule has 0 unspecified atom stereocenters. The van der Waals surface area contributed by atoms with Gasteiger partial charge in [-0.1, -0.05) is 0 Å². The van der Waals surface area contributed by atoms with Crippen LogP contribution in [0.1, 0.15) is 21.9 Å². The molecule has 0 aliphatic carbocycles. The van der Waals surface area contributed by atoms with E-state index in [-0.39, 0.29) is 16.9 Å². The molecule has 0 aliphatic rings. The Kier molecular flexibility index (Phi) is 6.17.